The Balaban J connectivity index is 2.12. The number of halogens is 2. The van der Waals surface area contributed by atoms with Crippen LogP contribution in [0.15, 0.2) is 45.5 Å². The first-order valence-corrected chi connectivity index (χ1v) is 6.07. The molecule has 0 unspecified atom stereocenters. The second-order valence-electron chi connectivity index (χ2n) is 3.19. The first-order valence-electron chi connectivity index (χ1n) is 4.70. The van der Waals surface area contributed by atoms with Crippen molar-refractivity contribution in [3.8, 4) is 11.5 Å². The zero-order chi connectivity index (χ0) is 12.3. The highest BCUT2D eigenvalue weighted by Crippen LogP contribution is 2.24. The number of hydrogen-bond acceptors (Lipinski definition) is 4. The van der Waals surface area contributed by atoms with Crippen molar-refractivity contribution in [1.29, 1.82) is 0 Å². The molecule has 1 heterocycles. The maximum atomic E-state index is 12.7. The van der Waals surface area contributed by atoms with Crippen LogP contribution in [0.4, 0.5) is 4.39 Å². The van der Waals surface area contributed by atoms with Gasteiger partial charge in [-0.3, -0.25) is 0 Å². The normalized spacial score (nSPS) is 10.5. The van der Waals surface area contributed by atoms with E-state index < -0.39 is 0 Å². The van der Waals surface area contributed by atoms with Gasteiger partial charge in [-0.2, -0.15) is 0 Å². The maximum absolute atomic E-state index is 12.7. The largest absolute Gasteiger partial charge is 0.411 e. The minimum absolute atomic E-state index is 0.304. The summed E-state index contributed by atoms with van der Waals surface area (Å²) in [7, 11) is 0. The summed E-state index contributed by atoms with van der Waals surface area (Å²) in [5.41, 5.74) is 0.676. The van der Waals surface area contributed by atoms with E-state index in [1.54, 1.807) is 12.1 Å². The van der Waals surface area contributed by atoms with E-state index in [2.05, 4.69) is 16.8 Å². The monoisotopic (exact) mass is 270 g/mol. The van der Waals surface area contributed by atoms with Crippen molar-refractivity contribution in [1.82, 2.24) is 10.2 Å². The number of thioether (sulfide) groups is 1. The van der Waals surface area contributed by atoms with Crippen LogP contribution < -0.4 is 0 Å². The van der Waals surface area contributed by atoms with Crippen LogP contribution in [-0.2, 0) is 0 Å². The van der Waals surface area contributed by atoms with Crippen molar-refractivity contribution >= 4 is 23.4 Å². The smallest absolute Gasteiger partial charge is 0.277 e. The molecular weight excluding hydrogens is 263 g/mol. The van der Waals surface area contributed by atoms with Crippen LogP contribution in [0.25, 0.3) is 11.5 Å². The van der Waals surface area contributed by atoms with Crippen LogP contribution in [0, 0.1) is 5.82 Å². The lowest BCUT2D eigenvalue weighted by Crippen LogP contribution is -1.78. The van der Waals surface area contributed by atoms with Gasteiger partial charge in [-0.1, -0.05) is 29.9 Å². The second-order valence-corrected chi connectivity index (χ2v) is 4.65. The van der Waals surface area contributed by atoms with E-state index in [4.69, 9.17) is 16.0 Å². The fourth-order valence-electron chi connectivity index (χ4n) is 1.12. The molecule has 0 bridgehead atoms. The van der Waals surface area contributed by atoms with E-state index in [0.717, 1.165) is 0 Å². The summed E-state index contributed by atoms with van der Waals surface area (Å²) in [5, 5.41) is 8.62. The SMILES string of the molecule is C=C(Cl)CSc1nnc(-c2ccc(F)cc2)o1. The van der Waals surface area contributed by atoms with Crippen molar-refractivity contribution in [2.24, 2.45) is 0 Å². The highest BCUT2D eigenvalue weighted by molar-refractivity contribution is 7.99. The Morgan fingerprint density at radius 2 is 2.06 bits per heavy atom. The minimum atomic E-state index is -0.304. The summed E-state index contributed by atoms with van der Waals surface area (Å²) >= 11 is 6.92. The first-order chi connectivity index (χ1) is 8.15. The minimum Gasteiger partial charge on any atom is -0.411 e. The van der Waals surface area contributed by atoms with Gasteiger partial charge in [0.05, 0.1) is 0 Å². The van der Waals surface area contributed by atoms with Gasteiger partial charge in [0.15, 0.2) is 0 Å². The van der Waals surface area contributed by atoms with E-state index in [-0.39, 0.29) is 5.82 Å². The van der Waals surface area contributed by atoms with E-state index in [9.17, 15) is 4.39 Å². The Kier molecular flexibility index (Phi) is 3.81. The molecule has 88 valence electrons. The number of nitrogens with zero attached hydrogens (tertiary/aromatic N) is 2. The summed E-state index contributed by atoms with van der Waals surface area (Å²) in [5.74, 6) is 0.557. The maximum Gasteiger partial charge on any atom is 0.277 e. The number of benzene rings is 1. The standard InChI is InChI=1S/C11H8ClFN2OS/c1-7(12)6-17-11-15-14-10(16-11)8-2-4-9(13)5-3-8/h2-5H,1,6H2. The summed E-state index contributed by atoms with van der Waals surface area (Å²) < 4.78 is 18.1. The highest BCUT2D eigenvalue weighted by Gasteiger charge is 2.09. The molecule has 0 aliphatic heterocycles. The van der Waals surface area contributed by atoms with E-state index in [1.165, 1.54) is 23.9 Å². The molecule has 0 saturated heterocycles. The molecule has 0 fully saturated rings. The Morgan fingerprint density at radius 1 is 1.35 bits per heavy atom. The summed E-state index contributed by atoms with van der Waals surface area (Å²) in [4.78, 5) is 0. The number of hydrogen-bond donors (Lipinski definition) is 0. The molecule has 0 amide bonds. The fourth-order valence-corrected chi connectivity index (χ4v) is 1.80. The molecule has 3 nitrogen and oxygen atoms in total. The third-order valence-corrected chi connectivity index (χ3v) is 3.05. The zero-order valence-electron chi connectivity index (χ0n) is 8.69. The molecule has 1 aromatic carbocycles. The molecule has 17 heavy (non-hydrogen) atoms. The Hall–Kier alpha value is -1.33. The first kappa shape index (κ1) is 12.1. The molecule has 0 N–H and O–H groups in total. The summed E-state index contributed by atoms with van der Waals surface area (Å²) in [6.45, 7) is 3.56. The van der Waals surface area contributed by atoms with Gasteiger partial charge < -0.3 is 4.42 Å². The average Bonchev–Trinajstić information content (AvgIpc) is 2.76. The Labute approximate surface area is 107 Å². The molecule has 0 spiro atoms. The van der Waals surface area contributed by atoms with Crippen LogP contribution in [0.1, 0.15) is 0 Å². The van der Waals surface area contributed by atoms with Crippen molar-refractivity contribution in [3.63, 3.8) is 0 Å². The molecule has 0 atom stereocenters. The molecule has 2 aromatic rings. The predicted octanol–water partition coefficient (Wildman–Crippen LogP) is 3.72. The zero-order valence-corrected chi connectivity index (χ0v) is 10.3. The lowest BCUT2D eigenvalue weighted by molar-refractivity contribution is 0.466. The van der Waals surface area contributed by atoms with Gasteiger partial charge in [0.25, 0.3) is 5.22 Å². The fraction of sp³-hybridized carbons (Fsp3) is 0.0909. The number of aromatic nitrogens is 2. The van der Waals surface area contributed by atoms with Crippen LogP contribution in [0.5, 0.6) is 0 Å². The molecular formula is C11H8ClFN2OS. The van der Waals surface area contributed by atoms with E-state index >= 15 is 0 Å². The molecule has 6 heteroatoms. The predicted molar refractivity (Wildman–Crippen MR) is 65.4 cm³/mol. The highest BCUT2D eigenvalue weighted by atomic mass is 35.5. The van der Waals surface area contributed by atoms with Crippen molar-refractivity contribution in [2.45, 2.75) is 5.22 Å². The van der Waals surface area contributed by atoms with Crippen LogP contribution in [0.2, 0.25) is 0 Å². The Morgan fingerprint density at radius 3 is 2.71 bits per heavy atom. The van der Waals surface area contributed by atoms with Crippen LogP contribution >= 0.6 is 23.4 Å². The molecule has 2 rings (SSSR count). The average molecular weight is 271 g/mol. The van der Waals surface area contributed by atoms with Gasteiger partial charge in [-0.05, 0) is 24.3 Å². The van der Waals surface area contributed by atoms with Crippen molar-refractivity contribution in [2.75, 3.05) is 5.75 Å². The summed E-state index contributed by atoms with van der Waals surface area (Å²) in [6.07, 6.45) is 0. The molecule has 1 aromatic heterocycles. The van der Waals surface area contributed by atoms with Gasteiger partial charge in [-0.25, -0.2) is 4.39 Å². The molecule has 0 saturated carbocycles. The third-order valence-electron chi connectivity index (χ3n) is 1.85. The molecule has 0 aliphatic rings. The molecule has 0 aliphatic carbocycles. The van der Waals surface area contributed by atoms with Gasteiger partial charge in [-0.15, -0.1) is 10.2 Å². The van der Waals surface area contributed by atoms with Crippen LogP contribution in [-0.4, -0.2) is 16.0 Å². The summed E-state index contributed by atoms with van der Waals surface area (Å²) in [6, 6.07) is 5.84. The second kappa shape index (κ2) is 5.33. The lowest BCUT2D eigenvalue weighted by atomic mass is 10.2. The Bertz CT molecular complexity index is 527. The van der Waals surface area contributed by atoms with E-state index in [1.807, 2.05) is 0 Å². The van der Waals surface area contributed by atoms with Crippen molar-refractivity contribution < 1.29 is 8.81 Å². The molecule has 0 radical (unpaired) electrons. The van der Waals surface area contributed by atoms with Gasteiger partial charge in [0.2, 0.25) is 5.89 Å². The topological polar surface area (TPSA) is 38.9 Å². The van der Waals surface area contributed by atoms with Crippen molar-refractivity contribution in [3.05, 3.63) is 41.7 Å². The third kappa shape index (κ3) is 3.31. The van der Waals surface area contributed by atoms with Crippen LogP contribution in [0.3, 0.4) is 0 Å². The van der Waals surface area contributed by atoms with Gasteiger partial charge in [0.1, 0.15) is 5.82 Å². The van der Waals surface area contributed by atoms with Gasteiger partial charge in [0, 0.05) is 16.3 Å². The lowest BCUT2D eigenvalue weighted by Gasteiger charge is -1.94. The van der Waals surface area contributed by atoms with E-state index in [0.29, 0.717) is 27.5 Å². The quantitative estimate of drug-likeness (QED) is 0.794. The number of rotatable bonds is 4. The van der Waals surface area contributed by atoms with Gasteiger partial charge >= 0.3 is 0 Å².